The Bertz CT molecular complexity index is 1080. The van der Waals surface area contributed by atoms with Gasteiger partial charge in [-0.25, -0.2) is 0 Å². The van der Waals surface area contributed by atoms with Crippen LogP contribution < -0.4 is 0 Å². The summed E-state index contributed by atoms with van der Waals surface area (Å²) in [6.07, 6.45) is 1.42. The Balaban J connectivity index is 1.71. The summed E-state index contributed by atoms with van der Waals surface area (Å²) in [5.74, 6) is -1.12. The zero-order valence-electron chi connectivity index (χ0n) is 18.2. The average Bonchev–Trinajstić information content (AvgIpc) is 2.75. The SMILES string of the molecule is CCC(C)(CCC(C)(C)C(=O)OCc1ccc2ccc3ccccc3c2c1)C(=O)O. The van der Waals surface area contributed by atoms with Crippen molar-refractivity contribution in [1.82, 2.24) is 0 Å². The fraction of sp³-hybridized carbons (Fsp3) is 0.385. The molecule has 0 bridgehead atoms. The van der Waals surface area contributed by atoms with Crippen molar-refractivity contribution >= 4 is 33.5 Å². The van der Waals surface area contributed by atoms with Crippen LogP contribution in [0.1, 0.15) is 52.5 Å². The molecule has 3 rings (SSSR count). The lowest BCUT2D eigenvalue weighted by molar-refractivity contribution is -0.158. The number of hydrogen-bond donors (Lipinski definition) is 1. The molecule has 4 heteroatoms. The maximum absolute atomic E-state index is 12.7. The van der Waals surface area contributed by atoms with Crippen molar-refractivity contribution in [2.45, 2.75) is 53.6 Å². The summed E-state index contributed by atoms with van der Waals surface area (Å²) >= 11 is 0. The molecule has 0 radical (unpaired) electrons. The number of benzene rings is 3. The highest BCUT2D eigenvalue weighted by atomic mass is 16.5. The van der Waals surface area contributed by atoms with Crippen LogP contribution >= 0.6 is 0 Å². The third-order valence-corrected chi connectivity index (χ3v) is 6.33. The van der Waals surface area contributed by atoms with Crippen LogP contribution in [0.4, 0.5) is 0 Å². The maximum atomic E-state index is 12.7. The van der Waals surface area contributed by atoms with Crippen molar-refractivity contribution in [1.29, 1.82) is 0 Å². The number of carbonyl (C=O) groups excluding carboxylic acids is 1. The molecule has 0 aromatic heterocycles. The van der Waals surface area contributed by atoms with Gasteiger partial charge in [0.15, 0.2) is 0 Å². The van der Waals surface area contributed by atoms with Gasteiger partial charge in [-0.2, -0.15) is 0 Å². The topological polar surface area (TPSA) is 63.6 Å². The van der Waals surface area contributed by atoms with Gasteiger partial charge in [0.2, 0.25) is 0 Å². The van der Waals surface area contributed by atoms with Crippen molar-refractivity contribution in [3.05, 3.63) is 60.2 Å². The molecule has 0 saturated heterocycles. The molecule has 0 amide bonds. The predicted molar refractivity (Wildman–Crippen MR) is 120 cm³/mol. The van der Waals surface area contributed by atoms with Crippen LogP contribution in [0.25, 0.3) is 21.5 Å². The molecule has 0 aliphatic carbocycles. The highest BCUT2D eigenvalue weighted by molar-refractivity contribution is 6.07. The predicted octanol–water partition coefficient (Wildman–Crippen LogP) is 6.34. The molecule has 0 fully saturated rings. The molecule has 3 aromatic rings. The summed E-state index contributed by atoms with van der Waals surface area (Å²) in [6, 6.07) is 18.6. The van der Waals surface area contributed by atoms with E-state index < -0.39 is 16.8 Å². The molecule has 0 aliphatic rings. The number of hydrogen-bond acceptors (Lipinski definition) is 3. The normalized spacial score (nSPS) is 13.9. The van der Waals surface area contributed by atoms with E-state index >= 15 is 0 Å². The minimum absolute atomic E-state index is 0.200. The van der Waals surface area contributed by atoms with Crippen molar-refractivity contribution in [2.24, 2.45) is 10.8 Å². The van der Waals surface area contributed by atoms with Crippen molar-refractivity contribution in [2.75, 3.05) is 0 Å². The quantitative estimate of drug-likeness (QED) is 0.350. The smallest absolute Gasteiger partial charge is 0.311 e. The Morgan fingerprint density at radius 3 is 2.20 bits per heavy atom. The highest BCUT2D eigenvalue weighted by Crippen LogP contribution is 2.35. The number of aliphatic carboxylic acids is 1. The summed E-state index contributed by atoms with van der Waals surface area (Å²) < 4.78 is 5.63. The lowest BCUT2D eigenvalue weighted by Crippen LogP contribution is -2.32. The van der Waals surface area contributed by atoms with Gasteiger partial charge in [-0.1, -0.05) is 55.5 Å². The van der Waals surface area contributed by atoms with E-state index in [1.807, 2.05) is 39.0 Å². The standard InChI is InChI=1S/C26H30O4/c1-5-26(4,23(27)28)15-14-25(2,3)24(29)30-17-18-10-11-20-13-12-19-8-6-7-9-21(19)22(20)16-18/h6-13,16H,5,14-15,17H2,1-4H3,(H,27,28). The molecule has 0 saturated carbocycles. The van der Waals surface area contributed by atoms with Gasteiger partial charge in [-0.05, 0) is 73.2 Å². The van der Waals surface area contributed by atoms with Crippen LogP contribution in [0.5, 0.6) is 0 Å². The zero-order valence-corrected chi connectivity index (χ0v) is 18.2. The first-order valence-electron chi connectivity index (χ1n) is 10.5. The van der Waals surface area contributed by atoms with Crippen molar-refractivity contribution < 1.29 is 19.4 Å². The number of ether oxygens (including phenoxy) is 1. The molecular formula is C26H30O4. The number of rotatable bonds is 8. The fourth-order valence-electron chi connectivity index (χ4n) is 3.61. The first kappa shape index (κ1) is 21.8. The summed E-state index contributed by atoms with van der Waals surface area (Å²) in [5.41, 5.74) is -0.626. The fourth-order valence-corrected chi connectivity index (χ4v) is 3.61. The summed E-state index contributed by atoms with van der Waals surface area (Å²) in [6.45, 7) is 7.44. The van der Waals surface area contributed by atoms with Crippen molar-refractivity contribution in [3.8, 4) is 0 Å². The van der Waals surface area contributed by atoms with Crippen LogP contribution in [-0.2, 0) is 20.9 Å². The first-order valence-corrected chi connectivity index (χ1v) is 10.5. The van der Waals surface area contributed by atoms with Gasteiger partial charge in [0.25, 0.3) is 0 Å². The largest absolute Gasteiger partial charge is 0.481 e. The van der Waals surface area contributed by atoms with Gasteiger partial charge in [-0.15, -0.1) is 0 Å². The van der Waals surface area contributed by atoms with Gasteiger partial charge in [0, 0.05) is 0 Å². The third kappa shape index (κ3) is 4.48. The zero-order chi connectivity index (χ0) is 21.9. The van der Waals surface area contributed by atoms with E-state index in [9.17, 15) is 14.7 Å². The summed E-state index contributed by atoms with van der Waals surface area (Å²) in [4.78, 5) is 24.3. The Morgan fingerprint density at radius 1 is 0.900 bits per heavy atom. The molecule has 0 spiro atoms. The van der Waals surface area contributed by atoms with Gasteiger partial charge in [-0.3, -0.25) is 9.59 Å². The summed E-state index contributed by atoms with van der Waals surface area (Å²) in [5, 5.41) is 14.1. The van der Waals surface area contributed by atoms with Gasteiger partial charge < -0.3 is 9.84 Å². The van der Waals surface area contributed by atoms with Gasteiger partial charge >= 0.3 is 11.9 Å². The molecule has 1 N–H and O–H groups in total. The second-order valence-corrected chi connectivity index (χ2v) is 9.02. The van der Waals surface area contributed by atoms with Gasteiger partial charge in [0.1, 0.15) is 6.61 Å². The summed E-state index contributed by atoms with van der Waals surface area (Å²) in [7, 11) is 0. The molecule has 3 aromatic carbocycles. The molecule has 1 atom stereocenters. The van der Waals surface area contributed by atoms with E-state index in [1.54, 1.807) is 6.92 Å². The molecule has 30 heavy (non-hydrogen) atoms. The van der Waals surface area contributed by atoms with Crippen LogP contribution in [0.3, 0.4) is 0 Å². The Hall–Kier alpha value is -2.88. The Labute approximate surface area is 177 Å². The van der Waals surface area contributed by atoms with E-state index in [4.69, 9.17) is 4.74 Å². The van der Waals surface area contributed by atoms with Crippen LogP contribution in [0.15, 0.2) is 54.6 Å². The van der Waals surface area contributed by atoms with E-state index in [2.05, 4.69) is 36.4 Å². The van der Waals surface area contributed by atoms with Gasteiger partial charge in [0.05, 0.1) is 10.8 Å². The number of carbonyl (C=O) groups is 2. The van der Waals surface area contributed by atoms with E-state index in [-0.39, 0.29) is 12.6 Å². The second-order valence-electron chi connectivity index (χ2n) is 9.02. The van der Waals surface area contributed by atoms with E-state index in [0.29, 0.717) is 19.3 Å². The van der Waals surface area contributed by atoms with Crippen LogP contribution in [0.2, 0.25) is 0 Å². The lowest BCUT2D eigenvalue weighted by atomic mass is 9.76. The average molecular weight is 407 g/mol. The number of carboxylic acid groups (broad SMARTS) is 1. The highest BCUT2D eigenvalue weighted by Gasteiger charge is 2.36. The number of fused-ring (bicyclic) bond motifs is 3. The molecule has 0 aliphatic heterocycles. The molecule has 1 unspecified atom stereocenters. The molecule has 4 nitrogen and oxygen atoms in total. The lowest BCUT2D eigenvalue weighted by Gasteiger charge is -2.28. The number of esters is 1. The molecular weight excluding hydrogens is 376 g/mol. The maximum Gasteiger partial charge on any atom is 0.311 e. The van der Waals surface area contributed by atoms with Crippen molar-refractivity contribution in [3.63, 3.8) is 0 Å². The number of carboxylic acids is 1. The van der Waals surface area contributed by atoms with E-state index in [0.717, 1.165) is 16.3 Å². The minimum Gasteiger partial charge on any atom is -0.481 e. The van der Waals surface area contributed by atoms with Crippen LogP contribution in [-0.4, -0.2) is 17.0 Å². The Kier molecular flexibility index (Phi) is 6.16. The molecule has 0 heterocycles. The first-order chi connectivity index (χ1) is 14.2. The second kappa shape index (κ2) is 8.47. The van der Waals surface area contributed by atoms with Crippen LogP contribution in [0, 0.1) is 10.8 Å². The monoisotopic (exact) mass is 406 g/mol. The minimum atomic E-state index is -0.822. The Morgan fingerprint density at radius 2 is 1.53 bits per heavy atom. The third-order valence-electron chi connectivity index (χ3n) is 6.33. The van der Waals surface area contributed by atoms with E-state index in [1.165, 1.54) is 10.8 Å². The molecule has 158 valence electrons.